The van der Waals surface area contributed by atoms with Crippen LogP contribution in [0.4, 0.5) is 0 Å². The van der Waals surface area contributed by atoms with Gasteiger partial charge in [0.05, 0.1) is 18.9 Å². The number of nitrogens with zero attached hydrogens (tertiary/aromatic N) is 5. The summed E-state index contributed by atoms with van der Waals surface area (Å²) in [6, 6.07) is 1.75. The molecule has 1 aromatic rings. The zero-order valence-electron chi connectivity index (χ0n) is 16.6. The molecular weight excluding hydrogens is 439 g/mol. The minimum atomic E-state index is 0. The number of rotatable bonds is 6. The Morgan fingerprint density at radius 3 is 2.77 bits per heavy atom. The number of likely N-dealkylation sites (tertiary alicyclic amines) is 1. The molecule has 1 aliphatic heterocycles. The van der Waals surface area contributed by atoms with Crippen molar-refractivity contribution < 1.29 is 0 Å². The Kier molecular flexibility index (Phi) is 8.19. The zero-order valence-corrected chi connectivity index (χ0v) is 19.0. The standard InChI is InChI=1S/C19H34N6.HI/c1-5-21-19(22-12-16(3)23(4)17-6-7-17)24-10-8-15(2)18(13-24)25-11-9-20-14-25;/h9,11,14-18H,5-8,10,12-13H2,1-4H3,(H,21,22);1H. The van der Waals surface area contributed by atoms with Gasteiger partial charge in [-0.2, -0.15) is 0 Å². The number of halogens is 1. The van der Waals surface area contributed by atoms with E-state index < -0.39 is 0 Å². The van der Waals surface area contributed by atoms with Crippen LogP contribution in [0.3, 0.4) is 0 Å². The van der Waals surface area contributed by atoms with Gasteiger partial charge in [0.25, 0.3) is 0 Å². The van der Waals surface area contributed by atoms with Crippen LogP contribution in [0, 0.1) is 5.92 Å². The second kappa shape index (κ2) is 9.92. The Balaban J connectivity index is 0.00000243. The van der Waals surface area contributed by atoms with Crippen LogP contribution >= 0.6 is 24.0 Å². The number of imidazole rings is 1. The van der Waals surface area contributed by atoms with Crippen molar-refractivity contribution in [1.29, 1.82) is 0 Å². The molecule has 6 nitrogen and oxygen atoms in total. The summed E-state index contributed by atoms with van der Waals surface area (Å²) in [5.74, 6) is 1.73. The molecule has 2 aliphatic rings. The van der Waals surface area contributed by atoms with Gasteiger partial charge >= 0.3 is 0 Å². The monoisotopic (exact) mass is 474 g/mol. The number of likely N-dealkylation sites (N-methyl/N-ethyl adjacent to an activating group) is 1. The van der Waals surface area contributed by atoms with E-state index in [1.807, 2.05) is 12.5 Å². The first-order valence-corrected chi connectivity index (χ1v) is 9.82. The SMILES string of the molecule is CCNC(=NCC(C)N(C)C1CC1)N1CCC(C)C(n2ccnc2)C1.I. The Hall–Kier alpha value is -0.830. The lowest BCUT2D eigenvalue weighted by molar-refractivity contribution is 0.188. The summed E-state index contributed by atoms with van der Waals surface area (Å²) in [5.41, 5.74) is 0. The van der Waals surface area contributed by atoms with E-state index in [2.05, 4.69) is 58.7 Å². The topological polar surface area (TPSA) is 48.7 Å². The first-order chi connectivity index (χ1) is 12.1. The molecule has 1 saturated heterocycles. The van der Waals surface area contributed by atoms with E-state index in [0.29, 0.717) is 18.0 Å². The van der Waals surface area contributed by atoms with Gasteiger partial charge in [-0.25, -0.2) is 4.98 Å². The molecule has 148 valence electrons. The lowest BCUT2D eigenvalue weighted by Gasteiger charge is -2.39. The molecule has 0 amide bonds. The average molecular weight is 474 g/mol. The maximum atomic E-state index is 4.97. The second-order valence-corrected chi connectivity index (χ2v) is 7.73. The van der Waals surface area contributed by atoms with Crippen molar-refractivity contribution in [3.8, 4) is 0 Å². The largest absolute Gasteiger partial charge is 0.357 e. The Morgan fingerprint density at radius 2 is 2.15 bits per heavy atom. The number of hydrogen-bond acceptors (Lipinski definition) is 3. The van der Waals surface area contributed by atoms with Crippen molar-refractivity contribution in [3.05, 3.63) is 18.7 Å². The molecule has 0 spiro atoms. The fourth-order valence-corrected chi connectivity index (χ4v) is 3.71. The van der Waals surface area contributed by atoms with E-state index in [9.17, 15) is 0 Å². The molecule has 2 fully saturated rings. The van der Waals surface area contributed by atoms with E-state index in [1.165, 1.54) is 19.3 Å². The molecule has 3 unspecified atom stereocenters. The van der Waals surface area contributed by atoms with Crippen molar-refractivity contribution in [2.45, 2.75) is 58.2 Å². The number of aromatic nitrogens is 2. The van der Waals surface area contributed by atoms with Gasteiger partial charge in [0, 0.05) is 44.1 Å². The molecule has 0 aromatic carbocycles. The van der Waals surface area contributed by atoms with E-state index in [1.54, 1.807) is 0 Å². The molecule has 1 N–H and O–H groups in total. The fourth-order valence-electron chi connectivity index (χ4n) is 3.71. The predicted molar refractivity (Wildman–Crippen MR) is 118 cm³/mol. The van der Waals surface area contributed by atoms with Crippen LogP contribution in [0.1, 0.15) is 46.1 Å². The molecule has 1 saturated carbocycles. The lowest BCUT2D eigenvalue weighted by atomic mass is 9.93. The Bertz CT molecular complexity index is 556. The van der Waals surface area contributed by atoms with E-state index >= 15 is 0 Å². The highest BCUT2D eigenvalue weighted by Crippen LogP contribution is 2.28. The quantitative estimate of drug-likeness (QED) is 0.392. The summed E-state index contributed by atoms with van der Waals surface area (Å²) in [7, 11) is 2.24. The number of hydrogen-bond donors (Lipinski definition) is 1. The predicted octanol–water partition coefficient (Wildman–Crippen LogP) is 2.83. The molecule has 1 aliphatic carbocycles. The second-order valence-electron chi connectivity index (χ2n) is 7.73. The number of piperidine rings is 1. The highest BCUT2D eigenvalue weighted by atomic mass is 127. The van der Waals surface area contributed by atoms with E-state index in [-0.39, 0.29) is 24.0 Å². The molecular formula is C19H35IN6. The normalized spacial score (nSPS) is 25.1. The van der Waals surface area contributed by atoms with Crippen LogP contribution in [0.2, 0.25) is 0 Å². The number of nitrogens with one attached hydrogen (secondary N) is 1. The van der Waals surface area contributed by atoms with Gasteiger partial charge in [-0.1, -0.05) is 6.92 Å². The van der Waals surface area contributed by atoms with E-state index in [4.69, 9.17) is 4.99 Å². The van der Waals surface area contributed by atoms with Gasteiger partial charge in [0.1, 0.15) is 0 Å². The summed E-state index contributed by atoms with van der Waals surface area (Å²) in [6.07, 6.45) is 9.79. The van der Waals surface area contributed by atoms with Crippen LogP contribution in [-0.2, 0) is 0 Å². The first-order valence-electron chi connectivity index (χ1n) is 9.82. The summed E-state index contributed by atoms with van der Waals surface area (Å²) in [6.45, 7) is 10.6. The van der Waals surface area contributed by atoms with Gasteiger partial charge < -0.3 is 14.8 Å². The highest BCUT2D eigenvalue weighted by Gasteiger charge is 2.30. The number of guanidine groups is 1. The van der Waals surface area contributed by atoms with Crippen molar-refractivity contribution in [2.24, 2.45) is 10.9 Å². The van der Waals surface area contributed by atoms with Gasteiger partial charge in [-0.05, 0) is 46.1 Å². The first kappa shape index (κ1) is 21.5. The van der Waals surface area contributed by atoms with Gasteiger partial charge in [-0.3, -0.25) is 9.89 Å². The molecule has 0 radical (unpaired) electrons. The molecule has 7 heteroatoms. The molecule has 1 aromatic heterocycles. The third kappa shape index (κ3) is 5.34. The van der Waals surface area contributed by atoms with Gasteiger partial charge in [0.15, 0.2) is 5.96 Å². The van der Waals surface area contributed by atoms with Crippen LogP contribution in [0.5, 0.6) is 0 Å². The van der Waals surface area contributed by atoms with Gasteiger partial charge in [-0.15, -0.1) is 24.0 Å². The molecule has 2 heterocycles. The fraction of sp³-hybridized carbons (Fsp3) is 0.789. The lowest BCUT2D eigenvalue weighted by Crippen LogP contribution is -2.49. The maximum Gasteiger partial charge on any atom is 0.194 e. The Labute approximate surface area is 175 Å². The summed E-state index contributed by atoms with van der Waals surface area (Å²) in [5, 5.41) is 3.50. The molecule has 3 atom stereocenters. The Morgan fingerprint density at radius 1 is 1.38 bits per heavy atom. The molecule has 3 rings (SSSR count). The van der Waals surface area contributed by atoms with Crippen molar-refractivity contribution in [3.63, 3.8) is 0 Å². The smallest absolute Gasteiger partial charge is 0.194 e. The summed E-state index contributed by atoms with van der Waals surface area (Å²) < 4.78 is 2.25. The maximum absolute atomic E-state index is 4.97. The highest BCUT2D eigenvalue weighted by molar-refractivity contribution is 14.0. The summed E-state index contributed by atoms with van der Waals surface area (Å²) >= 11 is 0. The van der Waals surface area contributed by atoms with Crippen LogP contribution < -0.4 is 5.32 Å². The zero-order chi connectivity index (χ0) is 17.8. The summed E-state index contributed by atoms with van der Waals surface area (Å²) in [4.78, 5) is 14.1. The minimum Gasteiger partial charge on any atom is -0.357 e. The van der Waals surface area contributed by atoms with Gasteiger partial charge in [0.2, 0.25) is 0 Å². The van der Waals surface area contributed by atoms with Crippen molar-refractivity contribution >= 4 is 29.9 Å². The minimum absolute atomic E-state index is 0. The van der Waals surface area contributed by atoms with Crippen LogP contribution in [0.15, 0.2) is 23.7 Å². The van der Waals surface area contributed by atoms with Crippen LogP contribution in [-0.4, -0.2) is 70.6 Å². The van der Waals surface area contributed by atoms with Crippen molar-refractivity contribution in [2.75, 3.05) is 33.2 Å². The van der Waals surface area contributed by atoms with Crippen molar-refractivity contribution in [1.82, 2.24) is 24.7 Å². The third-order valence-electron chi connectivity index (χ3n) is 5.78. The van der Waals surface area contributed by atoms with E-state index in [0.717, 1.165) is 38.2 Å². The average Bonchev–Trinajstić information content (AvgIpc) is 3.33. The number of aliphatic imine (C=N–C) groups is 1. The molecule has 26 heavy (non-hydrogen) atoms. The third-order valence-corrected chi connectivity index (χ3v) is 5.78. The molecule has 0 bridgehead atoms. The van der Waals surface area contributed by atoms with Crippen LogP contribution in [0.25, 0.3) is 0 Å².